The molecule has 0 saturated heterocycles. The second-order valence-electron chi connectivity index (χ2n) is 9.89. The third-order valence-electron chi connectivity index (χ3n) is 7.35. The number of benzene rings is 2. The van der Waals surface area contributed by atoms with E-state index in [-0.39, 0.29) is 6.03 Å². The highest BCUT2D eigenvalue weighted by Gasteiger charge is 2.54. The summed E-state index contributed by atoms with van der Waals surface area (Å²) in [5.41, 5.74) is 10.4. The van der Waals surface area contributed by atoms with Gasteiger partial charge in [0.25, 0.3) is 0 Å². The highest BCUT2D eigenvalue weighted by molar-refractivity contribution is 5.99. The highest BCUT2D eigenvalue weighted by atomic mass is 16.2. The van der Waals surface area contributed by atoms with Crippen molar-refractivity contribution in [2.75, 3.05) is 21.3 Å². The van der Waals surface area contributed by atoms with Crippen molar-refractivity contribution in [2.45, 2.75) is 44.2 Å². The minimum absolute atomic E-state index is 0.288. The molecule has 1 unspecified atom stereocenters. The van der Waals surface area contributed by atoms with Crippen LogP contribution in [0.3, 0.4) is 0 Å². The number of para-hydroxylation sites is 1. The second-order valence-corrected chi connectivity index (χ2v) is 9.89. The van der Waals surface area contributed by atoms with Crippen LogP contribution in [0.4, 0.5) is 33.4 Å². The molecule has 2 aromatic carbocycles. The van der Waals surface area contributed by atoms with E-state index in [1.165, 1.54) is 19.3 Å². The third-order valence-corrected chi connectivity index (χ3v) is 7.35. The molecule has 6 rings (SSSR count). The first-order valence-electron chi connectivity index (χ1n) is 12.4. The number of hydrogen-bond donors (Lipinski definition) is 5. The molecule has 9 nitrogen and oxygen atoms in total. The van der Waals surface area contributed by atoms with Gasteiger partial charge in [-0.05, 0) is 73.9 Å². The number of nitrogens with one attached hydrogen (secondary N) is 4. The number of nitrogens with two attached hydrogens (primary N) is 1. The number of hydrogen-bond acceptors (Lipinski definition) is 6. The number of anilines is 5. The third kappa shape index (κ3) is 4.70. The van der Waals surface area contributed by atoms with Crippen LogP contribution in [-0.4, -0.2) is 32.7 Å². The lowest BCUT2D eigenvalue weighted by Gasteiger charge is -2.27. The Bertz CT molecular complexity index is 1360. The van der Waals surface area contributed by atoms with Crippen molar-refractivity contribution in [1.82, 2.24) is 14.6 Å². The minimum Gasteiger partial charge on any atom is -0.365 e. The van der Waals surface area contributed by atoms with Gasteiger partial charge >= 0.3 is 6.03 Å². The molecule has 2 amide bonds. The van der Waals surface area contributed by atoms with Crippen LogP contribution >= 0.6 is 0 Å². The summed E-state index contributed by atoms with van der Waals surface area (Å²) in [4.78, 5) is 16.7. The number of urea groups is 1. The summed E-state index contributed by atoms with van der Waals surface area (Å²) in [7, 11) is 0. The van der Waals surface area contributed by atoms with E-state index < -0.39 is 0 Å². The first-order valence-corrected chi connectivity index (χ1v) is 12.4. The fraction of sp³-hybridized carbons (Fsp3) is 0.296. The summed E-state index contributed by atoms with van der Waals surface area (Å²) in [6, 6.07) is 19.4. The van der Waals surface area contributed by atoms with Crippen LogP contribution < -0.4 is 27.0 Å². The zero-order chi connectivity index (χ0) is 24.5. The Morgan fingerprint density at radius 3 is 2.42 bits per heavy atom. The summed E-state index contributed by atoms with van der Waals surface area (Å²) < 4.78 is 1.79. The van der Waals surface area contributed by atoms with Crippen LogP contribution in [-0.2, 0) is 0 Å². The van der Waals surface area contributed by atoms with E-state index in [1.54, 1.807) is 10.7 Å². The number of imidazole rings is 1. The number of carbonyl (C=O) groups is 1. The minimum atomic E-state index is -0.288. The maximum Gasteiger partial charge on any atom is 0.323 e. The zero-order valence-electron chi connectivity index (χ0n) is 19.9. The van der Waals surface area contributed by atoms with Crippen molar-refractivity contribution < 1.29 is 4.79 Å². The smallest absolute Gasteiger partial charge is 0.323 e. The molecular formula is C27H30N8O. The van der Waals surface area contributed by atoms with Crippen molar-refractivity contribution in [3.63, 3.8) is 0 Å². The fourth-order valence-corrected chi connectivity index (χ4v) is 5.18. The van der Waals surface area contributed by atoms with Crippen molar-refractivity contribution in [3.05, 3.63) is 73.1 Å². The molecule has 2 fully saturated rings. The van der Waals surface area contributed by atoms with Gasteiger partial charge in [0, 0.05) is 47.6 Å². The molecule has 9 heteroatoms. The van der Waals surface area contributed by atoms with E-state index >= 15 is 0 Å². The standard InChI is InChI=1S/C27H30N8O/c28-18-10-12-27(13-11-18)17-23(27)33-24-16-22(25-29-14-15-35(25)34-24)30-20-6-8-21(9-7-20)32-26(36)31-19-4-2-1-3-5-19/h1-9,14-16,18,23,30H,10-13,17,28H2,(H,33,34)(H2,31,32,36). The molecule has 0 radical (unpaired) electrons. The van der Waals surface area contributed by atoms with E-state index in [0.29, 0.717) is 23.2 Å². The van der Waals surface area contributed by atoms with E-state index in [1.807, 2.05) is 66.9 Å². The fourth-order valence-electron chi connectivity index (χ4n) is 5.18. The molecule has 4 aromatic rings. The molecule has 6 N–H and O–H groups in total. The van der Waals surface area contributed by atoms with Crippen molar-refractivity contribution in [3.8, 4) is 0 Å². The van der Waals surface area contributed by atoms with Crippen LogP contribution in [0.15, 0.2) is 73.1 Å². The summed E-state index contributed by atoms with van der Waals surface area (Å²) in [5.74, 6) is 0.829. The van der Waals surface area contributed by atoms with E-state index in [4.69, 9.17) is 10.8 Å². The monoisotopic (exact) mass is 482 g/mol. The predicted octanol–water partition coefficient (Wildman–Crippen LogP) is 5.19. The van der Waals surface area contributed by atoms with Gasteiger partial charge in [-0.2, -0.15) is 0 Å². The first-order chi connectivity index (χ1) is 17.6. The van der Waals surface area contributed by atoms with E-state index in [2.05, 4.69) is 26.3 Å². The van der Waals surface area contributed by atoms with Crippen LogP contribution in [0, 0.1) is 5.41 Å². The van der Waals surface area contributed by atoms with Gasteiger partial charge in [0.05, 0.1) is 5.69 Å². The number of fused-ring (bicyclic) bond motifs is 1. The lowest BCUT2D eigenvalue weighted by molar-refractivity contribution is 0.262. The van der Waals surface area contributed by atoms with Gasteiger partial charge in [-0.25, -0.2) is 14.3 Å². The summed E-state index contributed by atoms with van der Waals surface area (Å²) in [6.45, 7) is 0. The average molecular weight is 483 g/mol. The summed E-state index contributed by atoms with van der Waals surface area (Å²) in [5, 5.41) is 17.5. The average Bonchev–Trinajstić information content (AvgIpc) is 3.29. The molecule has 0 aliphatic heterocycles. The number of amides is 2. The van der Waals surface area contributed by atoms with E-state index in [9.17, 15) is 4.79 Å². The summed E-state index contributed by atoms with van der Waals surface area (Å²) in [6.07, 6.45) is 9.37. The maximum atomic E-state index is 12.3. The Kier molecular flexibility index (Phi) is 5.69. The van der Waals surface area contributed by atoms with Gasteiger partial charge in [0.15, 0.2) is 5.65 Å². The Morgan fingerprint density at radius 1 is 0.972 bits per heavy atom. The molecule has 36 heavy (non-hydrogen) atoms. The maximum absolute atomic E-state index is 12.3. The topological polar surface area (TPSA) is 121 Å². The lowest BCUT2D eigenvalue weighted by Crippen LogP contribution is -2.29. The van der Waals surface area contributed by atoms with Crippen LogP contribution in [0.25, 0.3) is 5.65 Å². The van der Waals surface area contributed by atoms with E-state index in [0.717, 1.165) is 41.4 Å². The normalized spacial score (nSPS) is 22.8. The number of nitrogens with zero attached hydrogens (tertiary/aromatic N) is 3. The Labute approximate surface area is 209 Å². The molecule has 2 heterocycles. The largest absolute Gasteiger partial charge is 0.365 e. The van der Waals surface area contributed by atoms with Gasteiger partial charge in [-0.15, -0.1) is 5.10 Å². The molecule has 0 bridgehead atoms. The number of aromatic nitrogens is 3. The molecule has 2 saturated carbocycles. The predicted molar refractivity (Wildman–Crippen MR) is 143 cm³/mol. The van der Waals surface area contributed by atoms with Gasteiger partial charge in [-0.3, -0.25) is 0 Å². The van der Waals surface area contributed by atoms with Crippen molar-refractivity contribution in [2.24, 2.45) is 11.1 Å². The van der Waals surface area contributed by atoms with Crippen LogP contribution in [0.1, 0.15) is 32.1 Å². The Morgan fingerprint density at radius 2 is 1.67 bits per heavy atom. The molecule has 2 aliphatic rings. The zero-order valence-corrected chi connectivity index (χ0v) is 19.9. The second kappa shape index (κ2) is 9.16. The molecule has 1 spiro atoms. The van der Waals surface area contributed by atoms with Crippen molar-refractivity contribution in [1.29, 1.82) is 0 Å². The number of carbonyl (C=O) groups excluding carboxylic acids is 1. The van der Waals surface area contributed by atoms with Crippen molar-refractivity contribution >= 4 is 40.2 Å². The van der Waals surface area contributed by atoms with Crippen LogP contribution in [0.5, 0.6) is 0 Å². The Balaban J connectivity index is 1.13. The lowest BCUT2D eigenvalue weighted by atomic mass is 9.83. The summed E-state index contributed by atoms with van der Waals surface area (Å²) >= 11 is 0. The SMILES string of the molecule is NC1CCC2(CC1)CC2Nc1cc(Nc2ccc(NC(=O)Nc3ccccc3)cc2)c2nccn2n1. The highest BCUT2D eigenvalue weighted by Crippen LogP contribution is 2.57. The first kappa shape index (κ1) is 22.4. The van der Waals surface area contributed by atoms with Gasteiger partial charge in [-0.1, -0.05) is 18.2 Å². The van der Waals surface area contributed by atoms with Gasteiger partial charge < -0.3 is 27.0 Å². The van der Waals surface area contributed by atoms with Gasteiger partial charge in [0.2, 0.25) is 0 Å². The number of rotatable bonds is 6. The molecule has 1 atom stereocenters. The molecule has 2 aliphatic carbocycles. The Hall–Kier alpha value is -4.11. The molecule has 2 aromatic heterocycles. The quantitative estimate of drug-likeness (QED) is 0.258. The molecule has 184 valence electrons. The molecular weight excluding hydrogens is 452 g/mol. The van der Waals surface area contributed by atoms with Crippen LogP contribution in [0.2, 0.25) is 0 Å². The van der Waals surface area contributed by atoms with Gasteiger partial charge in [0.1, 0.15) is 5.82 Å².